The third-order valence-corrected chi connectivity index (χ3v) is 2.92. The molecule has 0 aliphatic heterocycles. The minimum absolute atomic E-state index is 0.00511. The van der Waals surface area contributed by atoms with Crippen LogP contribution in [0.5, 0.6) is 0 Å². The number of aromatic nitrogens is 1. The van der Waals surface area contributed by atoms with Gasteiger partial charge in [-0.1, -0.05) is 6.07 Å². The van der Waals surface area contributed by atoms with Crippen molar-refractivity contribution < 1.29 is 14.7 Å². The van der Waals surface area contributed by atoms with Gasteiger partial charge in [0.2, 0.25) is 5.91 Å². The lowest BCUT2D eigenvalue weighted by atomic mass is 10.3. The summed E-state index contributed by atoms with van der Waals surface area (Å²) in [6, 6.07) is 7.08. The van der Waals surface area contributed by atoms with E-state index in [0.29, 0.717) is 10.8 Å². The number of rotatable bonds is 4. The molecule has 1 heterocycles. The number of carboxylic acid groups (broad SMARTS) is 1. The Bertz CT molecular complexity index is 624. The Labute approximate surface area is 113 Å². The fourth-order valence-electron chi connectivity index (χ4n) is 1.43. The zero-order valence-electron chi connectivity index (χ0n) is 10.0. The summed E-state index contributed by atoms with van der Waals surface area (Å²) in [6.45, 7) is 1.43. The molecule has 1 aromatic carbocycles. The molecule has 2 rings (SSSR count). The van der Waals surface area contributed by atoms with Gasteiger partial charge in [0.15, 0.2) is 10.8 Å². The van der Waals surface area contributed by atoms with E-state index in [1.807, 2.05) is 0 Å². The van der Waals surface area contributed by atoms with E-state index in [0.717, 1.165) is 5.69 Å². The van der Waals surface area contributed by atoms with Gasteiger partial charge in [0.05, 0.1) is 0 Å². The molecule has 19 heavy (non-hydrogen) atoms. The van der Waals surface area contributed by atoms with Crippen LogP contribution in [0.3, 0.4) is 0 Å². The van der Waals surface area contributed by atoms with Gasteiger partial charge in [-0.3, -0.25) is 4.79 Å². The van der Waals surface area contributed by atoms with Crippen LogP contribution in [-0.2, 0) is 4.79 Å². The van der Waals surface area contributed by atoms with Gasteiger partial charge in [0.25, 0.3) is 0 Å². The summed E-state index contributed by atoms with van der Waals surface area (Å²) in [7, 11) is 0. The summed E-state index contributed by atoms with van der Waals surface area (Å²) in [4.78, 5) is 25.6. The minimum atomic E-state index is -1.06. The van der Waals surface area contributed by atoms with E-state index in [-0.39, 0.29) is 11.6 Å². The first-order chi connectivity index (χ1) is 9.04. The molecule has 0 bridgehead atoms. The molecule has 2 aromatic rings. The lowest BCUT2D eigenvalue weighted by Crippen LogP contribution is -2.05. The molecular formula is C12H11N3O3S. The highest BCUT2D eigenvalue weighted by Crippen LogP contribution is 2.23. The molecule has 3 N–H and O–H groups in total. The number of anilines is 3. The standard InChI is InChI=1S/C12H11N3O3S/c1-7(16)13-8-3-2-4-9(5-8)14-12-15-10(6-19-12)11(17)18/h2-6H,1H3,(H,13,16)(H,14,15)(H,17,18). The summed E-state index contributed by atoms with van der Waals surface area (Å²) in [5, 5.41) is 16.4. The molecule has 0 unspecified atom stereocenters. The van der Waals surface area contributed by atoms with Crippen molar-refractivity contribution in [2.45, 2.75) is 6.92 Å². The molecule has 0 atom stereocenters. The maximum atomic E-state index is 11.0. The van der Waals surface area contributed by atoms with E-state index in [1.165, 1.54) is 23.6 Å². The number of hydrogen-bond acceptors (Lipinski definition) is 5. The second-order valence-corrected chi connectivity index (χ2v) is 4.59. The quantitative estimate of drug-likeness (QED) is 0.798. The fraction of sp³-hybridized carbons (Fsp3) is 0.0833. The van der Waals surface area contributed by atoms with Crippen LogP contribution in [0.4, 0.5) is 16.5 Å². The lowest BCUT2D eigenvalue weighted by molar-refractivity contribution is -0.114. The van der Waals surface area contributed by atoms with Crippen molar-refractivity contribution in [1.29, 1.82) is 0 Å². The van der Waals surface area contributed by atoms with Crippen molar-refractivity contribution in [3.8, 4) is 0 Å². The monoisotopic (exact) mass is 277 g/mol. The number of nitrogens with one attached hydrogen (secondary N) is 2. The Morgan fingerprint density at radius 3 is 2.68 bits per heavy atom. The van der Waals surface area contributed by atoms with Crippen LogP contribution in [0.15, 0.2) is 29.6 Å². The number of carboxylic acids is 1. The van der Waals surface area contributed by atoms with E-state index in [1.54, 1.807) is 24.3 Å². The number of benzene rings is 1. The molecule has 0 spiro atoms. The molecular weight excluding hydrogens is 266 g/mol. The predicted molar refractivity (Wildman–Crippen MR) is 73.1 cm³/mol. The van der Waals surface area contributed by atoms with Crippen LogP contribution in [0.1, 0.15) is 17.4 Å². The second-order valence-electron chi connectivity index (χ2n) is 3.73. The number of thiazole rings is 1. The van der Waals surface area contributed by atoms with Crippen molar-refractivity contribution in [1.82, 2.24) is 4.98 Å². The van der Waals surface area contributed by atoms with E-state index in [2.05, 4.69) is 15.6 Å². The van der Waals surface area contributed by atoms with Crippen molar-refractivity contribution in [3.05, 3.63) is 35.3 Å². The summed E-state index contributed by atoms with van der Waals surface area (Å²) in [5.41, 5.74) is 1.38. The van der Waals surface area contributed by atoms with Gasteiger partial charge in [0, 0.05) is 23.7 Å². The average Bonchev–Trinajstić information content (AvgIpc) is 2.77. The van der Waals surface area contributed by atoms with Crippen LogP contribution >= 0.6 is 11.3 Å². The zero-order valence-corrected chi connectivity index (χ0v) is 10.8. The Kier molecular flexibility index (Phi) is 3.76. The third-order valence-electron chi connectivity index (χ3n) is 2.16. The van der Waals surface area contributed by atoms with Crippen molar-refractivity contribution in [2.75, 3.05) is 10.6 Å². The Balaban J connectivity index is 2.13. The van der Waals surface area contributed by atoms with Gasteiger partial charge in [-0.15, -0.1) is 11.3 Å². The zero-order chi connectivity index (χ0) is 13.8. The molecule has 0 aliphatic rings. The first-order valence-electron chi connectivity index (χ1n) is 5.38. The molecule has 0 saturated heterocycles. The molecule has 6 nitrogen and oxygen atoms in total. The van der Waals surface area contributed by atoms with Crippen molar-refractivity contribution >= 4 is 39.7 Å². The molecule has 0 saturated carbocycles. The number of hydrogen-bond donors (Lipinski definition) is 3. The largest absolute Gasteiger partial charge is 0.476 e. The second kappa shape index (κ2) is 5.49. The average molecular weight is 277 g/mol. The molecule has 98 valence electrons. The van der Waals surface area contributed by atoms with E-state index in [4.69, 9.17) is 5.11 Å². The predicted octanol–water partition coefficient (Wildman–Crippen LogP) is 2.54. The minimum Gasteiger partial charge on any atom is -0.476 e. The van der Waals surface area contributed by atoms with Gasteiger partial charge in [-0.05, 0) is 18.2 Å². The summed E-state index contributed by atoms with van der Waals surface area (Å²) in [5.74, 6) is -1.21. The van der Waals surface area contributed by atoms with Crippen LogP contribution in [0, 0.1) is 0 Å². The Morgan fingerprint density at radius 2 is 2.05 bits per heavy atom. The number of carbonyl (C=O) groups excluding carboxylic acids is 1. The normalized spacial score (nSPS) is 9.95. The van der Waals surface area contributed by atoms with E-state index >= 15 is 0 Å². The van der Waals surface area contributed by atoms with Crippen LogP contribution < -0.4 is 10.6 Å². The molecule has 0 fully saturated rings. The molecule has 0 aliphatic carbocycles. The topological polar surface area (TPSA) is 91.3 Å². The van der Waals surface area contributed by atoms with Gasteiger partial charge in [-0.25, -0.2) is 9.78 Å². The third kappa shape index (κ3) is 3.52. The number of nitrogens with zero attached hydrogens (tertiary/aromatic N) is 1. The fourth-order valence-corrected chi connectivity index (χ4v) is 2.14. The van der Waals surface area contributed by atoms with E-state index < -0.39 is 5.97 Å². The van der Waals surface area contributed by atoms with Crippen LogP contribution in [0.25, 0.3) is 0 Å². The van der Waals surface area contributed by atoms with Gasteiger partial charge >= 0.3 is 5.97 Å². The molecule has 0 radical (unpaired) electrons. The SMILES string of the molecule is CC(=O)Nc1cccc(Nc2nc(C(=O)O)cs2)c1. The maximum Gasteiger partial charge on any atom is 0.355 e. The molecule has 7 heteroatoms. The number of aromatic carboxylic acids is 1. The molecule has 1 amide bonds. The van der Waals surface area contributed by atoms with E-state index in [9.17, 15) is 9.59 Å². The summed E-state index contributed by atoms with van der Waals surface area (Å²) in [6.07, 6.45) is 0. The first-order valence-corrected chi connectivity index (χ1v) is 6.26. The van der Waals surface area contributed by atoms with Gasteiger partial charge in [-0.2, -0.15) is 0 Å². The summed E-state index contributed by atoms with van der Waals surface area (Å²) < 4.78 is 0. The molecule has 1 aromatic heterocycles. The highest BCUT2D eigenvalue weighted by Gasteiger charge is 2.08. The van der Waals surface area contributed by atoms with Crippen LogP contribution in [0.2, 0.25) is 0 Å². The lowest BCUT2D eigenvalue weighted by Gasteiger charge is -2.06. The Hall–Kier alpha value is -2.41. The van der Waals surface area contributed by atoms with Crippen molar-refractivity contribution in [2.24, 2.45) is 0 Å². The first kappa shape index (κ1) is 13.0. The number of amides is 1. The highest BCUT2D eigenvalue weighted by molar-refractivity contribution is 7.14. The maximum absolute atomic E-state index is 11.0. The van der Waals surface area contributed by atoms with Gasteiger partial charge < -0.3 is 15.7 Å². The smallest absolute Gasteiger partial charge is 0.355 e. The van der Waals surface area contributed by atoms with Crippen LogP contribution in [-0.4, -0.2) is 22.0 Å². The summed E-state index contributed by atoms with van der Waals surface area (Å²) >= 11 is 1.20. The Morgan fingerprint density at radius 1 is 1.32 bits per heavy atom. The number of carbonyl (C=O) groups is 2. The highest BCUT2D eigenvalue weighted by atomic mass is 32.1. The van der Waals surface area contributed by atoms with Gasteiger partial charge in [0.1, 0.15) is 0 Å². The van der Waals surface area contributed by atoms with Crippen molar-refractivity contribution in [3.63, 3.8) is 0 Å².